The summed E-state index contributed by atoms with van der Waals surface area (Å²) in [5.41, 5.74) is 3.18. The number of halogens is 3. The van der Waals surface area contributed by atoms with E-state index < -0.39 is 17.7 Å². The lowest BCUT2D eigenvalue weighted by Crippen LogP contribution is -2.22. The Morgan fingerprint density at radius 3 is 2.28 bits per heavy atom. The number of hydrogen-bond donors (Lipinski definition) is 2. The van der Waals surface area contributed by atoms with Crippen molar-refractivity contribution < 1.29 is 27.9 Å². The third-order valence-corrected chi connectivity index (χ3v) is 6.07. The molecule has 4 aromatic rings. The van der Waals surface area contributed by atoms with Gasteiger partial charge in [-0.3, -0.25) is 9.59 Å². The van der Waals surface area contributed by atoms with Crippen molar-refractivity contribution in [3.05, 3.63) is 94.7 Å². The number of aromatic nitrogens is 2. The quantitative estimate of drug-likeness (QED) is 0.259. The summed E-state index contributed by atoms with van der Waals surface area (Å²) in [6, 6.07) is 18.3. The van der Waals surface area contributed by atoms with Gasteiger partial charge in [0.1, 0.15) is 0 Å². The zero-order valence-corrected chi connectivity index (χ0v) is 20.6. The Kier molecular flexibility index (Phi) is 8.20. The number of carbonyl (C=O) groups is 2. The molecule has 0 aliphatic heterocycles. The Balaban J connectivity index is 1.61. The number of nitriles is 1. The van der Waals surface area contributed by atoms with Crippen molar-refractivity contribution in [1.82, 2.24) is 15.3 Å². The van der Waals surface area contributed by atoms with Crippen LogP contribution in [0, 0.1) is 11.3 Å². The van der Waals surface area contributed by atoms with Gasteiger partial charge in [-0.25, -0.2) is 9.97 Å². The second-order valence-electron chi connectivity index (χ2n) is 8.89. The summed E-state index contributed by atoms with van der Waals surface area (Å²) in [4.78, 5) is 33.0. The maximum absolute atomic E-state index is 13.0. The van der Waals surface area contributed by atoms with Crippen LogP contribution in [0.25, 0.3) is 22.3 Å². The summed E-state index contributed by atoms with van der Waals surface area (Å²) in [6.45, 7) is 0.260. The van der Waals surface area contributed by atoms with Gasteiger partial charge in [-0.15, -0.1) is 0 Å². The SMILES string of the molecule is N#Cc1ccc(CNC(=O)c2ccc3nc(-c4ccc(C(F)(F)F)cc4)c(CCCCC(=O)O)nc3c2)cc1. The molecule has 0 aliphatic rings. The third-order valence-electron chi connectivity index (χ3n) is 6.07. The maximum Gasteiger partial charge on any atom is 0.416 e. The smallest absolute Gasteiger partial charge is 0.416 e. The minimum absolute atomic E-state index is 0.0137. The molecule has 0 fully saturated rings. The van der Waals surface area contributed by atoms with Gasteiger partial charge in [-0.1, -0.05) is 24.3 Å². The number of aryl methyl sites for hydroxylation is 1. The van der Waals surface area contributed by atoms with Gasteiger partial charge in [0.05, 0.1) is 39.6 Å². The number of carboxylic acid groups (broad SMARTS) is 1. The summed E-state index contributed by atoms with van der Waals surface area (Å²) in [7, 11) is 0. The second-order valence-corrected chi connectivity index (χ2v) is 8.89. The van der Waals surface area contributed by atoms with Gasteiger partial charge in [0.2, 0.25) is 0 Å². The number of unbranched alkanes of at least 4 members (excludes halogenated alkanes) is 1. The molecular formula is C29H23F3N4O3. The maximum atomic E-state index is 13.0. The molecule has 0 radical (unpaired) electrons. The summed E-state index contributed by atoms with van der Waals surface area (Å²) in [6.07, 6.45) is -3.23. The molecule has 1 heterocycles. The first-order chi connectivity index (χ1) is 18.6. The van der Waals surface area contributed by atoms with E-state index in [-0.39, 0.29) is 18.9 Å². The molecule has 0 atom stereocenters. The van der Waals surface area contributed by atoms with Crippen molar-refractivity contribution in [1.29, 1.82) is 5.26 Å². The Bertz CT molecular complexity index is 1540. The molecule has 7 nitrogen and oxygen atoms in total. The number of fused-ring (bicyclic) bond motifs is 1. The Labute approximate surface area is 222 Å². The van der Waals surface area contributed by atoms with E-state index in [2.05, 4.69) is 15.3 Å². The van der Waals surface area contributed by atoms with Crippen LogP contribution in [0.4, 0.5) is 13.2 Å². The van der Waals surface area contributed by atoms with Crippen molar-refractivity contribution >= 4 is 22.9 Å². The van der Waals surface area contributed by atoms with Gasteiger partial charge >= 0.3 is 12.1 Å². The molecule has 0 bridgehead atoms. The van der Waals surface area contributed by atoms with Gasteiger partial charge in [0.15, 0.2) is 0 Å². The molecule has 10 heteroatoms. The van der Waals surface area contributed by atoms with Crippen LogP contribution in [0.2, 0.25) is 0 Å². The van der Waals surface area contributed by atoms with Crippen molar-refractivity contribution in [3.63, 3.8) is 0 Å². The zero-order chi connectivity index (χ0) is 28.0. The van der Waals surface area contributed by atoms with E-state index in [0.717, 1.165) is 17.7 Å². The molecule has 2 N–H and O–H groups in total. The van der Waals surface area contributed by atoms with Crippen molar-refractivity contribution in [3.8, 4) is 17.3 Å². The fraction of sp³-hybridized carbons (Fsp3) is 0.207. The van der Waals surface area contributed by atoms with Crippen LogP contribution >= 0.6 is 0 Å². The average molecular weight is 533 g/mol. The van der Waals surface area contributed by atoms with E-state index in [1.54, 1.807) is 42.5 Å². The standard InChI is InChI=1S/C29H23F3N4O3/c30-29(31,32)22-12-9-20(10-13-22)27-24(3-1-2-4-26(37)38)35-25-15-21(11-14-23(25)36-27)28(39)34-17-19-7-5-18(16-33)6-8-19/h5-15H,1-4,17H2,(H,34,39)(H,37,38). The third kappa shape index (κ3) is 6.96. The summed E-state index contributed by atoms with van der Waals surface area (Å²) < 4.78 is 39.1. The predicted octanol–water partition coefficient (Wildman–Crippen LogP) is 5.91. The molecule has 0 saturated carbocycles. The number of hydrogen-bond acceptors (Lipinski definition) is 5. The van der Waals surface area contributed by atoms with Crippen LogP contribution in [0.15, 0.2) is 66.7 Å². The van der Waals surface area contributed by atoms with E-state index in [1.165, 1.54) is 12.1 Å². The number of benzene rings is 3. The first-order valence-corrected chi connectivity index (χ1v) is 12.1. The fourth-order valence-electron chi connectivity index (χ4n) is 4.00. The van der Waals surface area contributed by atoms with Crippen LogP contribution in [-0.4, -0.2) is 27.0 Å². The minimum atomic E-state index is -4.47. The van der Waals surface area contributed by atoms with Crippen LogP contribution in [0.1, 0.15) is 52.0 Å². The molecule has 3 aromatic carbocycles. The number of nitrogens with one attached hydrogen (secondary N) is 1. The molecule has 1 aromatic heterocycles. The molecule has 1 amide bonds. The van der Waals surface area contributed by atoms with Crippen molar-refractivity contribution in [2.75, 3.05) is 0 Å². The van der Waals surface area contributed by atoms with Gasteiger partial charge in [-0.2, -0.15) is 18.4 Å². The highest BCUT2D eigenvalue weighted by atomic mass is 19.4. The van der Waals surface area contributed by atoms with Gasteiger partial charge in [0, 0.05) is 24.1 Å². The topological polar surface area (TPSA) is 116 Å². The van der Waals surface area contributed by atoms with Gasteiger partial charge < -0.3 is 10.4 Å². The van der Waals surface area contributed by atoms with E-state index in [1.807, 2.05) is 6.07 Å². The lowest BCUT2D eigenvalue weighted by Gasteiger charge is -2.12. The molecule has 0 unspecified atom stereocenters. The number of carboxylic acids is 1. The molecule has 0 spiro atoms. The highest BCUT2D eigenvalue weighted by molar-refractivity contribution is 5.97. The number of carbonyl (C=O) groups excluding carboxylic acids is 1. The van der Waals surface area contributed by atoms with Crippen molar-refractivity contribution in [2.45, 2.75) is 38.4 Å². The first-order valence-electron chi connectivity index (χ1n) is 12.1. The summed E-state index contributed by atoms with van der Waals surface area (Å²) >= 11 is 0. The fourth-order valence-corrected chi connectivity index (χ4v) is 4.00. The lowest BCUT2D eigenvalue weighted by molar-refractivity contribution is -0.138. The largest absolute Gasteiger partial charge is 0.481 e. The van der Waals surface area contributed by atoms with E-state index >= 15 is 0 Å². The lowest BCUT2D eigenvalue weighted by atomic mass is 10.0. The minimum Gasteiger partial charge on any atom is -0.481 e. The Morgan fingerprint density at radius 1 is 0.923 bits per heavy atom. The number of alkyl halides is 3. The van der Waals surface area contributed by atoms with Crippen LogP contribution in [0.3, 0.4) is 0 Å². The highest BCUT2D eigenvalue weighted by Crippen LogP contribution is 2.32. The van der Waals surface area contributed by atoms with E-state index in [0.29, 0.717) is 58.4 Å². The zero-order valence-electron chi connectivity index (χ0n) is 20.6. The first kappa shape index (κ1) is 27.3. The number of nitrogens with zero attached hydrogens (tertiary/aromatic N) is 3. The Hall–Kier alpha value is -4.78. The second kappa shape index (κ2) is 11.7. The van der Waals surface area contributed by atoms with Crippen LogP contribution in [-0.2, 0) is 23.9 Å². The predicted molar refractivity (Wildman–Crippen MR) is 137 cm³/mol. The number of amides is 1. The molecule has 39 heavy (non-hydrogen) atoms. The highest BCUT2D eigenvalue weighted by Gasteiger charge is 2.30. The summed E-state index contributed by atoms with van der Waals surface area (Å²) in [5, 5.41) is 20.7. The molecular weight excluding hydrogens is 509 g/mol. The van der Waals surface area contributed by atoms with Crippen molar-refractivity contribution in [2.24, 2.45) is 0 Å². The number of rotatable bonds is 9. The van der Waals surface area contributed by atoms with E-state index in [9.17, 15) is 22.8 Å². The monoisotopic (exact) mass is 532 g/mol. The van der Waals surface area contributed by atoms with Gasteiger partial charge in [0.25, 0.3) is 5.91 Å². The summed E-state index contributed by atoms with van der Waals surface area (Å²) in [5.74, 6) is -1.25. The van der Waals surface area contributed by atoms with Crippen LogP contribution < -0.4 is 5.32 Å². The normalized spacial score (nSPS) is 11.2. The average Bonchev–Trinajstić information content (AvgIpc) is 2.93. The molecule has 0 saturated heterocycles. The molecule has 0 aliphatic carbocycles. The number of aliphatic carboxylic acids is 1. The molecule has 4 rings (SSSR count). The van der Waals surface area contributed by atoms with Gasteiger partial charge in [-0.05, 0) is 67.3 Å². The molecule has 198 valence electrons. The Morgan fingerprint density at radius 2 is 1.64 bits per heavy atom. The van der Waals surface area contributed by atoms with E-state index in [4.69, 9.17) is 10.4 Å². The van der Waals surface area contributed by atoms with Crippen LogP contribution in [0.5, 0.6) is 0 Å².